The molecule has 1 heterocycles. The number of halogens is 1. The van der Waals surface area contributed by atoms with Gasteiger partial charge < -0.3 is 10.1 Å². The summed E-state index contributed by atoms with van der Waals surface area (Å²) in [7, 11) is 0. The lowest BCUT2D eigenvalue weighted by molar-refractivity contribution is 0.0527. The Balaban J connectivity index is 1.89. The van der Waals surface area contributed by atoms with Gasteiger partial charge in [0, 0.05) is 14.9 Å². The molecule has 23 heavy (non-hydrogen) atoms. The molecule has 1 aliphatic carbocycles. The summed E-state index contributed by atoms with van der Waals surface area (Å²) in [5, 5.41) is 3.48. The second kappa shape index (κ2) is 6.84. The minimum Gasteiger partial charge on any atom is -0.462 e. The number of hydrogen-bond acceptors (Lipinski definition) is 4. The zero-order valence-corrected chi connectivity index (χ0v) is 15.1. The molecule has 120 valence electrons. The first-order valence-electron chi connectivity index (χ1n) is 7.48. The molecule has 2 aromatic rings. The van der Waals surface area contributed by atoms with Crippen LogP contribution in [0.15, 0.2) is 28.7 Å². The zero-order chi connectivity index (χ0) is 16.4. The highest BCUT2D eigenvalue weighted by molar-refractivity contribution is 9.10. The quantitative estimate of drug-likeness (QED) is 0.781. The fraction of sp³-hybridized carbons (Fsp3) is 0.294. The first kappa shape index (κ1) is 16.2. The number of carbonyl (C=O) groups excluding carboxylic acids is 2. The van der Waals surface area contributed by atoms with Gasteiger partial charge in [0.05, 0.1) is 12.2 Å². The molecule has 1 aromatic heterocycles. The summed E-state index contributed by atoms with van der Waals surface area (Å²) in [4.78, 5) is 25.9. The molecule has 1 aromatic carbocycles. The van der Waals surface area contributed by atoms with E-state index in [-0.39, 0.29) is 11.9 Å². The highest BCUT2D eigenvalue weighted by atomic mass is 79.9. The summed E-state index contributed by atoms with van der Waals surface area (Å²) in [5.41, 5.74) is 2.13. The monoisotopic (exact) mass is 393 g/mol. The Kier molecular flexibility index (Phi) is 4.82. The highest BCUT2D eigenvalue weighted by Gasteiger charge is 2.28. The predicted molar refractivity (Wildman–Crippen MR) is 94.4 cm³/mol. The molecule has 4 nitrogen and oxygen atoms in total. The molecular formula is C17H16BrNO3S. The number of aryl methyl sites for hydroxylation is 1. The van der Waals surface area contributed by atoms with Gasteiger partial charge in [-0.3, -0.25) is 4.79 Å². The summed E-state index contributed by atoms with van der Waals surface area (Å²) in [6.45, 7) is 2.11. The molecule has 0 saturated carbocycles. The molecule has 0 atom stereocenters. The van der Waals surface area contributed by atoms with Crippen molar-refractivity contribution in [2.75, 3.05) is 11.9 Å². The number of nitrogens with one attached hydrogen (secondary N) is 1. The number of fused-ring (bicyclic) bond motifs is 1. The van der Waals surface area contributed by atoms with Crippen LogP contribution in [-0.4, -0.2) is 18.5 Å². The van der Waals surface area contributed by atoms with Crippen LogP contribution in [-0.2, 0) is 17.6 Å². The van der Waals surface area contributed by atoms with Gasteiger partial charge in [0.15, 0.2) is 0 Å². The topological polar surface area (TPSA) is 55.4 Å². The van der Waals surface area contributed by atoms with Crippen LogP contribution in [0.1, 0.15) is 44.5 Å². The molecular weight excluding hydrogens is 378 g/mol. The van der Waals surface area contributed by atoms with E-state index in [0.29, 0.717) is 22.7 Å². The first-order chi connectivity index (χ1) is 11.1. The number of esters is 1. The number of benzene rings is 1. The normalized spacial score (nSPS) is 12.8. The number of carbonyl (C=O) groups is 2. The van der Waals surface area contributed by atoms with E-state index in [1.165, 1.54) is 16.2 Å². The van der Waals surface area contributed by atoms with E-state index >= 15 is 0 Å². The molecule has 1 aliphatic rings. The number of hydrogen-bond donors (Lipinski definition) is 1. The van der Waals surface area contributed by atoms with Gasteiger partial charge in [-0.25, -0.2) is 4.79 Å². The fourth-order valence-corrected chi connectivity index (χ4v) is 4.22. The Morgan fingerprint density at radius 1 is 1.26 bits per heavy atom. The van der Waals surface area contributed by atoms with E-state index in [9.17, 15) is 9.59 Å². The Hall–Kier alpha value is -1.66. The molecule has 0 radical (unpaired) electrons. The van der Waals surface area contributed by atoms with Crippen LogP contribution in [0.25, 0.3) is 0 Å². The number of rotatable bonds is 4. The molecule has 3 rings (SSSR count). The Bertz CT molecular complexity index is 752. The molecule has 1 amide bonds. The second-order valence-corrected chi connectivity index (χ2v) is 7.26. The zero-order valence-electron chi connectivity index (χ0n) is 12.6. The fourth-order valence-electron chi connectivity index (χ4n) is 2.69. The summed E-state index contributed by atoms with van der Waals surface area (Å²) in [5.74, 6) is -0.569. The van der Waals surface area contributed by atoms with Gasteiger partial charge in [-0.05, 0) is 56.0 Å². The molecule has 0 fully saturated rings. The number of ether oxygens (including phenoxy) is 1. The van der Waals surface area contributed by atoms with Crippen LogP contribution in [0.2, 0.25) is 0 Å². The average Bonchev–Trinajstić information content (AvgIpc) is 3.08. The van der Waals surface area contributed by atoms with Crippen molar-refractivity contribution in [3.8, 4) is 0 Å². The van der Waals surface area contributed by atoms with Crippen LogP contribution >= 0.6 is 27.3 Å². The highest BCUT2D eigenvalue weighted by Crippen LogP contribution is 2.39. The average molecular weight is 394 g/mol. The van der Waals surface area contributed by atoms with Gasteiger partial charge >= 0.3 is 5.97 Å². The van der Waals surface area contributed by atoms with E-state index in [1.54, 1.807) is 19.1 Å². The number of amides is 1. The summed E-state index contributed by atoms with van der Waals surface area (Å²) < 4.78 is 6.08. The third kappa shape index (κ3) is 3.33. The molecule has 0 spiro atoms. The lowest BCUT2D eigenvalue weighted by Crippen LogP contribution is -2.15. The van der Waals surface area contributed by atoms with Crippen molar-refractivity contribution < 1.29 is 14.3 Å². The second-order valence-electron chi connectivity index (χ2n) is 5.24. The Morgan fingerprint density at radius 2 is 2.00 bits per heavy atom. The van der Waals surface area contributed by atoms with Gasteiger partial charge in [-0.2, -0.15) is 0 Å². The largest absolute Gasteiger partial charge is 0.462 e. The molecule has 6 heteroatoms. The van der Waals surface area contributed by atoms with E-state index in [4.69, 9.17) is 4.74 Å². The van der Waals surface area contributed by atoms with Crippen molar-refractivity contribution in [1.29, 1.82) is 0 Å². The van der Waals surface area contributed by atoms with Gasteiger partial charge in [-0.1, -0.05) is 15.9 Å². The van der Waals surface area contributed by atoms with Crippen LogP contribution in [0, 0.1) is 0 Å². The molecule has 0 saturated heterocycles. The van der Waals surface area contributed by atoms with Crippen molar-refractivity contribution in [1.82, 2.24) is 0 Å². The van der Waals surface area contributed by atoms with E-state index in [1.807, 2.05) is 12.1 Å². The van der Waals surface area contributed by atoms with Gasteiger partial charge in [0.2, 0.25) is 0 Å². The maximum absolute atomic E-state index is 12.4. The molecule has 0 aliphatic heterocycles. The van der Waals surface area contributed by atoms with E-state index < -0.39 is 0 Å². The van der Waals surface area contributed by atoms with Gasteiger partial charge in [0.1, 0.15) is 5.00 Å². The third-order valence-corrected chi connectivity index (χ3v) is 5.47. The first-order valence-corrected chi connectivity index (χ1v) is 9.09. The van der Waals surface area contributed by atoms with Crippen LogP contribution in [0.3, 0.4) is 0 Å². The van der Waals surface area contributed by atoms with Crippen molar-refractivity contribution in [3.63, 3.8) is 0 Å². The van der Waals surface area contributed by atoms with Gasteiger partial charge in [-0.15, -0.1) is 11.3 Å². The van der Waals surface area contributed by atoms with Crippen LogP contribution in [0.4, 0.5) is 5.00 Å². The Labute approximate surface area is 147 Å². The SMILES string of the molecule is CCOC(=O)c1c(NC(=O)c2ccc(Br)cc2)sc2c1CCC2. The maximum Gasteiger partial charge on any atom is 0.341 e. The Morgan fingerprint density at radius 3 is 2.70 bits per heavy atom. The maximum atomic E-state index is 12.4. The number of anilines is 1. The van der Waals surface area contributed by atoms with Crippen molar-refractivity contribution in [2.24, 2.45) is 0 Å². The minimum atomic E-state index is -0.349. The van der Waals surface area contributed by atoms with Crippen molar-refractivity contribution in [3.05, 3.63) is 50.3 Å². The standard InChI is InChI=1S/C17H16BrNO3S/c1-2-22-17(21)14-12-4-3-5-13(12)23-16(14)19-15(20)10-6-8-11(18)9-7-10/h6-9H,2-5H2,1H3,(H,19,20). The molecule has 0 unspecified atom stereocenters. The molecule has 1 N–H and O–H groups in total. The predicted octanol–water partition coefficient (Wildman–Crippen LogP) is 4.43. The number of thiophene rings is 1. The molecule has 0 bridgehead atoms. The minimum absolute atomic E-state index is 0.219. The van der Waals surface area contributed by atoms with Crippen LogP contribution < -0.4 is 5.32 Å². The van der Waals surface area contributed by atoms with E-state index in [0.717, 1.165) is 29.3 Å². The lowest BCUT2D eigenvalue weighted by atomic mass is 10.1. The lowest BCUT2D eigenvalue weighted by Gasteiger charge is -2.08. The van der Waals surface area contributed by atoms with Crippen LogP contribution in [0.5, 0.6) is 0 Å². The summed E-state index contributed by atoms with van der Waals surface area (Å²) in [6, 6.07) is 7.11. The van der Waals surface area contributed by atoms with Crippen molar-refractivity contribution >= 4 is 44.1 Å². The smallest absolute Gasteiger partial charge is 0.341 e. The van der Waals surface area contributed by atoms with Gasteiger partial charge in [0.25, 0.3) is 5.91 Å². The van der Waals surface area contributed by atoms with E-state index in [2.05, 4.69) is 21.2 Å². The summed E-state index contributed by atoms with van der Waals surface area (Å²) in [6.07, 6.45) is 2.88. The summed E-state index contributed by atoms with van der Waals surface area (Å²) >= 11 is 4.84. The van der Waals surface area contributed by atoms with Crippen molar-refractivity contribution in [2.45, 2.75) is 26.2 Å². The third-order valence-electron chi connectivity index (χ3n) is 3.73.